The molecule has 0 radical (unpaired) electrons. The average Bonchev–Trinajstić information content (AvgIpc) is 2.79. The van der Waals surface area contributed by atoms with Crippen LogP contribution in [0.3, 0.4) is 0 Å². The smallest absolute Gasteiger partial charge is 0.0795 e. The molecule has 0 amide bonds. The van der Waals surface area contributed by atoms with Gasteiger partial charge in [0.2, 0.25) is 0 Å². The largest absolute Gasteiger partial charge is 0.379 e. The van der Waals surface area contributed by atoms with Gasteiger partial charge in [0.05, 0.1) is 24.4 Å². The normalized spacial score (nSPS) is 21.7. The van der Waals surface area contributed by atoms with E-state index in [0.717, 1.165) is 45.0 Å². The Morgan fingerprint density at radius 1 is 1.67 bits per heavy atom. The van der Waals surface area contributed by atoms with Crippen molar-refractivity contribution in [2.24, 2.45) is 0 Å². The molecule has 1 unspecified atom stereocenters. The fourth-order valence-electron chi connectivity index (χ4n) is 1.62. The van der Waals surface area contributed by atoms with Crippen molar-refractivity contribution in [1.29, 1.82) is 0 Å². The van der Waals surface area contributed by atoms with E-state index < -0.39 is 0 Å². The molecule has 0 spiro atoms. The Bertz CT molecular complexity index is 260. The van der Waals surface area contributed by atoms with Crippen LogP contribution in [0.15, 0.2) is 10.9 Å². The van der Waals surface area contributed by atoms with Gasteiger partial charge >= 0.3 is 0 Å². The minimum absolute atomic E-state index is 0.515. The molecule has 1 aromatic heterocycles. The van der Waals surface area contributed by atoms with E-state index in [1.54, 1.807) is 11.3 Å². The topological polar surface area (TPSA) is 46.2 Å². The van der Waals surface area contributed by atoms with E-state index >= 15 is 0 Å². The van der Waals surface area contributed by atoms with E-state index in [-0.39, 0.29) is 0 Å². The summed E-state index contributed by atoms with van der Waals surface area (Å²) in [6.07, 6.45) is 1.12. The van der Waals surface area contributed by atoms with Crippen LogP contribution in [0.5, 0.6) is 0 Å². The maximum atomic E-state index is 5.38. The van der Waals surface area contributed by atoms with Crippen LogP contribution in [-0.2, 0) is 11.3 Å². The van der Waals surface area contributed by atoms with Gasteiger partial charge in [0, 0.05) is 24.5 Å². The number of nitrogens with zero attached hydrogens (tertiary/aromatic N) is 1. The first-order valence-electron chi connectivity index (χ1n) is 5.34. The predicted molar refractivity (Wildman–Crippen MR) is 61.0 cm³/mol. The second kappa shape index (κ2) is 6.17. The highest BCUT2D eigenvalue weighted by molar-refractivity contribution is 7.07. The van der Waals surface area contributed by atoms with Gasteiger partial charge in [0.1, 0.15) is 0 Å². The van der Waals surface area contributed by atoms with Crippen molar-refractivity contribution < 1.29 is 4.74 Å². The molecule has 1 aliphatic heterocycles. The molecule has 1 aliphatic rings. The van der Waals surface area contributed by atoms with Crippen LogP contribution in [0.1, 0.15) is 12.1 Å². The minimum Gasteiger partial charge on any atom is -0.379 e. The van der Waals surface area contributed by atoms with Gasteiger partial charge in [0.25, 0.3) is 0 Å². The Hall–Kier alpha value is -0.490. The second-order valence-corrected chi connectivity index (χ2v) is 4.39. The lowest BCUT2D eigenvalue weighted by Crippen LogP contribution is -2.42. The van der Waals surface area contributed by atoms with Crippen LogP contribution in [0, 0.1) is 0 Å². The molecule has 0 aliphatic carbocycles. The molecule has 1 aromatic rings. The Morgan fingerprint density at radius 2 is 2.67 bits per heavy atom. The monoisotopic (exact) mass is 227 g/mol. The van der Waals surface area contributed by atoms with Crippen molar-refractivity contribution in [3.8, 4) is 0 Å². The minimum atomic E-state index is 0.515. The Balaban J connectivity index is 1.54. The maximum absolute atomic E-state index is 5.38. The van der Waals surface area contributed by atoms with Crippen LogP contribution >= 0.6 is 11.3 Å². The van der Waals surface area contributed by atoms with Crippen molar-refractivity contribution in [1.82, 2.24) is 15.6 Å². The van der Waals surface area contributed by atoms with E-state index in [1.807, 2.05) is 5.51 Å². The summed E-state index contributed by atoms with van der Waals surface area (Å²) in [4.78, 5) is 4.22. The summed E-state index contributed by atoms with van der Waals surface area (Å²) in [6, 6.07) is 0.515. The standard InChI is InChI=1S/C10H17N3OS/c1(9-6-14-4-3-12-9)2-11-5-10-7-15-8-13-10/h7-9,11-12H,1-6H2. The fraction of sp³-hybridized carbons (Fsp3) is 0.700. The number of thiazole rings is 1. The first kappa shape index (κ1) is 11.0. The molecule has 2 rings (SSSR count). The molecule has 0 saturated carbocycles. The van der Waals surface area contributed by atoms with Gasteiger partial charge in [-0.05, 0) is 13.0 Å². The zero-order valence-corrected chi connectivity index (χ0v) is 9.55. The lowest BCUT2D eigenvalue weighted by atomic mass is 10.2. The predicted octanol–water partition coefficient (Wildman–Crippen LogP) is 0.611. The van der Waals surface area contributed by atoms with Crippen LogP contribution < -0.4 is 10.6 Å². The number of morpholine rings is 1. The molecule has 1 atom stereocenters. The summed E-state index contributed by atoms with van der Waals surface area (Å²) in [7, 11) is 0. The van der Waals surface area contributed by atoms with Gasteiger partial charge in [-0.2, -0.15) is 0 Å². The zero-order valence-electron chi connectivity index (χ0n) is 8.74. The fourth-order valence-corrected chi connectivity index (χ4v) is 2.18. The van der Waals surface area contributed by atoms with Crippen LogP contribution in [0.25, 0.3) is 0 Å². The third kappa shape index (κ3) is 3.87. The Morgan fingerprint density at radius 3 is 3.40 bits per heavy atom. The van der Waals surface area contributed by atoms with Gasteiger partial charge in [-0.3, -0.25) is 0 Å². The van der Waals surface area contributed by atoms with E-state index in [2.05, 4.69) is 21.0 Å². The lowest BCUT2D eigenvalue weighted by molar-refractivity contribution is 0.0742. The number of rotatable bonds is 5. The molecule has 1 fully saturated rings. The van der Waals surface area contributed by atoms with Crippen molar-refractivity contribution in [3.63, 3.8) is 0 Å². The molecule has 2 heterocycles. The van der Waals surface area contributed by atoms with Crippen LogP contribution in [0.2, 0.25) is 0 Å². The average molecular weight is 227 g/mol. The van der Waals surface area contributed by atoms with Crippen molar-refractivity contribution >= 4 is 11.3 Å². The molecule has 84 valence electrons. The maximum Gasteiger partial charge on any atom is 0.0795 e. The first-order chi connectivity index (χ1) is 7.45. The highest BCUT2D eigenvalue weighted by Crippen LogP contribution is 2.01. The number of ether oxygens (including phenoxy) is 1. The summed E-state index contributed by atoms with van der Waals surface area (Å²) >= 11 is 1.64. The number of aromatic nitrogens is 1. The Kier molecular flexibility index (Phi) is 4.53. The van der Waals surface area contributed by atoms with Crippen molar-refractivity contribution in [2.45, 2.75) is 19.0 Å². The lowest BCUT2D eigenvalue weighted by Gasteiger charge is -2.23. The zero-order chi connectivity index (χ0) is 10.3. The molecular weight excluding hydrogens is 210 g/mol. The quantitative estimate of drug-likeness (QED) is 0.724. The summed E-state index contributed by atoms with van der Waals surface area (Å²) in [6.45, 7) is 4.56. The number of hydrogen-bond acceptors (Lipinski definition) is 5. The van der Waals surface area contributed by atoms with E-state index in [1.165, 1.54) is 0 Å². The molecule has 4 nitrogen and oxygen atoms in total. The summed E-state index contributed by atoms with van der Waals surface area (Å²) in [5.74, 6) is 0. The van der Waals surface area contributed by atoms with Crippen molar-refractivity contribution in [2.75, 3.05) is 26.3 Å². The summed E-state index contributed by atoms with van der Waals surface area (Å²) in [5.41, 5.74) is 3.00. The number of hydrogen-bond donors (Lipinski definition) is 2. The first-order valence-corrected chi connectivity index (χ1v) is 6.28. The summed E-state index contributed by atoms with van der Waals surface area (Å²) in [5, 5.41) is 8.90. The molecule has 0 bridgehead atoms. The van der Waals surface area contributed by atoms with Crippen molar-refractivity contribution in [3.05, 3.63) is 16.6 Å². The molecule has 15 heavy (non-hydrogen) atoms. The van der Waals surface area contributed by atoms with E-state index in [9.17, 15) is 0 Å². The van der Waals surface area contributed by atoms with E-state index in [0.29, 0.717) is 6.04 Å². The van der Waals surface area contributed by atoms with Crippen LogP contribution in [-0.4, -0.2) is 37.3 Å². The Labute approximate surface area is 94.1 Å². The molecule has 2 N–H and O–H groups in total. The highest BCUT2D eigenvalue weighted by Gasteiger charge is 2.11. The van der Waals surface area contributed by atoms with Gasteiger partial charge in [-0.1, -0.05) is 0 Å². The molecule has 5 heteroatoms. The third-order valence-electron chi connectivity index (χ3n) is 2.46. The number of nitrogens with one attached hydrogen (secondary N) is 2. The van der Waals surface area contributed by atoms with Gasteiger partial charge in [-0.25, -0.2) is 4.98 Å². The molecule has 1 saturated heterocycles. The summed E-state index contributed by atoms with van der Waals surface area (Å²) < 4.78 is 5.38. The van der Waals surface area contributed by atoms with Gasteiger partial charge in [0.15, 0.2) is 0 Å². The van der Waals surface area contributed by atoms with Gasteiger partial charge < -0.3 is 15.4 Å². The highest BCUT2D eigenvalue weighted by atomic mass is 32.1. The molecular formula is C10H17N3OS. The second-order valence-electron chi connectivity index (χ2n) is 3.67. The molecule has 0 aromatic carbocycles. The third-order valence-corrected chi connectivity index (χ3v) is 3.09. The van der Waals surface area contributed by atoms with E-state index in [4.69, 9.17) is 4.74 Å². The van der Waals surface area contributed by atoms with Crippen LogP contribution in [0.4, 0.5) is 0 Å². The SMILES string of the molecule is c1nc(CNCCC2COCCN2)cs1. The van der Waals surface area contributed by atoms with Gasteiger partial charge in [-0.15, -0.1) is 11.3 Å².